The van der Waals surface area contributed by atoms with E-state index in [0.717, 1.165) is 0 Å². The van der Waals surface area contributed by atoms with E-state index in [0.29, 0.717) is 11.1 Å². The molecule has 0 saturated carbocycles. The number of ether oxygens (including phenoxy) is 1. The van der Waals surface area contributed by atoms with Gasteiger partial charge in [0.2, 0.25) is 0 Å². The van der Waals surface area contributed by atoms with E-state index in [2.05, 4.69) is 4.74 Å². The molecule has 3 rings (SSSR count). The van der Waals surface area contributed by atoms with Crippen molar-refractivity contribution in [3.63, 3.8) is 0 Å². The molecule has 0 radical (unpaired) electrons. The van der Waals surface area contributed by atoms with Crippen LogP contribution in [0, 0.1) is 10.1 Å². The van der Waals surface area contributed by atoms with Crippen molar-refractivity contribution in [3.05, 3.63) is 91.8 Å². The highest BCUT2D eigenvalue weighted by Gasteiger charge is 2.14. The minimum atomic E-state index is -0.836. The number of nitro benzene ring substituents is 1. The van der Waals surface area contributed by atoms with Crippen LogP contribution in [0.1, 0.15) is 26.3 Å². The molecule has 0 bridgehead atoms. The molecular weight excluding hydrogens is 366 g/mol. The number of ketones is 1. The van der Waals surface area contributed by atoms with Gasteiger partial charge in [0.25, 0.3) is 5.69 Å². The summed E-state index contributed by atoms with van der Waals surface area (Å²) < 4.78 is 9.68. The van der Waals surface area contributed by atoms with Crippen LogP contribution in [-0.4, -0.2) is 23.8 Å². The molecular formula is C20H13NO7. The molecule has 0 fully saturated rings. The third kappa shape index (κ3) is 3.85. The van der Waals surface area contributed by atoms with Crippen LogP contribution in [-0.2, 0) is 4.74 Å². The highest BCUT2D eigenvalue weighted by molar-refractivity contribution is 6.07. The van der Waals surface area contributed by atoms with Crippen LogP contribution >= 0.6 is 0 Å². The van der Waals surface area contributed by atoms with Crippen molar-refractivity contribution in [1.82, 2.24) is 0 Å². The van der Waals surface area contributed by atoms with Gasteiger partial charge in [-0.05, 0) is 35.9 Å². The van der Waals surface area contributed by atoms with E-state index in [1.54, 1.807) is 24.3 Å². The van der Waals surface area contributed by atoms with Crippen molar-refractivity contribution in [2.75, 3.05) is 7.11 Å². The lowest BCUT2D eigenvalue weighted by molar-refractivity contribution is -0.384. The van der Waals surface area contributed by atoms with Gasteiger partial charge >= 0.3 is 11.6 Å². The number of fused-ring (bicyclic) bond motifs is 1. The Labute approximate surface area is 157 Å². The van der Waals surface area contributed by atoms with Crippen molar-refractivity contribution in [2.24, 2.45) is 0 Å². The van der Waals surface area contributed by atoms with E-state index in [9.17, 15) is 24.5 Å². The predicted molar refractivity (Wildman–Crippen MR) is 100 cm³/mol. The molecule has 0 unspecified atom stereocenters. The molecule has 2 aromatic carbocycles. The summed E-state index contributed by atoms with van der Waals surface area (Å²) in [6.07, 6.45) is 2.66. The van der Waals surface area contributed by atoms with Crippen LogP contribution in [0.5, 0.6) is 0 Å². The average molecular weight is 379 g/mol. The molecule has 8 nitrogen and oxygen atoms in total. The number of esters is 1. The molecule has 28 heavy (non-hydrogen) atoms. The highest BCUT2D eigenvalue weighted by atomic mass is 16.6. The second-order valence-electron chi connectivity index (χ2n) is 5.74. The van der Waals surface area contributed by atoms with Crippen molar-refractivity contribution >= 4 is 34.5 Å². The fraction of sp³-hybridized carbons (Fsp3) is 0.0500. The second kappa shape index (κ2) is 7.67. The molecule has 1 aromatic heterocycles. The fourth-order valence-corrected chi connectivity index (χ4v) is 2.51. The second-order valence-corrected chi connectivity index (χ2v) is 5.74. The molecule has 1 heterocycles. The summed E-state index contributed by atoms with van der Waals surface area (Å²) >= 11 is 0. The van der Waals surface area contributed by atoms with Gasteiger partial charge in [0.15, 0.2) is 5.78 Å². The number of hydrogen-bond acceptors (Lipinski definition) is 7. The van der Waals surface area contributed by atoms with Gasteiger partial charge in [-0.15, -0.1) is 0 Å². The smallest absolute Gasteiger partial charge is 0.347 e. The maximum absolute atomic E-state index is 12.4. The van der Waals surface area contributed by atoms with E-state index in [4.69, 9.17) is 4.42 Å². The van der Waals surface area contributed by atoms with Crippen molar-refractivity contribution < 1.29 is 23.7 Å². The van der Waals surface area contributed by atoms with E-state index < -0.39 is 22.3 Å². The molecule has 140 valence electrons. The lowest BCUT2D eigenvalue weighted by Gasteiger charge is -2.00. The standard InChI is InChI=1S/C20H13NO7/c1-27-19(23)13-5-2-12(3-6-13)4-8-17(22)16-11-14-10-15(21(25)26)7-9-18(14)28-20(16)24/h2-11H,1H3. The third-order valence-electron chi connectivity index (χ3n) is 3.95. The highest BCUT2D eigenvalue weighted by Crippen LogP contribution is 2.20. The maximum Gasteiger partial charge on any atom is 0.347 e. The average Bonchev–Trinajstić information content (AvgIpc) is 2.70. The van der Waals surface area contributed by atoms with Crippen LogP contribution in [0.4, 0.5) is 5.69 Å². The Kier molecular flexibility index (Phi) is 5.12. The zero-order valence-corrected chi connectivity index (χ0v) is 14.6. The number of nitrogens with zero attached hydrogens (tertiary/aromatic N) is 1. The number of hydrogen-bond donors (Lipinski definition) is 0. The van der Waals surface area contributed by atoms with Crippen LogP contribution in [0.3, 0.4) is 0 Å². The van der Waals surface area contributed by atoms with Crippen LogP contribution in [0.25, 0.3) is 17.0 Å². The minimum Gasteiger partial charge on any atom is -0.465 e. The van der Waals surface area contributed by atoms with E-state index in [1.807, 2.05) is 0 Å². The molecule has 3 aromatic rings. The van der Waals surface area contributed by atoms with Crippen LogP contribution in [0.2, 0.25) is 0 Å². The molecule has 8 heteroatoms. The zero-order valence-electron chi connectivity index (χ0n) is 14.6. The van der Waals surface area contributed by atoms with Crippen molar-refractivity contribution in [2.45, 2.75) is 0 Å². The van der Waals surface area contributed by atoms with Gasteiger partial charge in [0, 0.05) is 17.5 Å². The Morgan fingerprint density at radius 1 is 1.11 bits per heavy atom. The van der Waals surface area contributed by atoms with Crippen molar-refractivity contribution in [3.8, 4) is 0 Å². The summed E-state index contributed by atoms with van der Waals surface area (Å²) in [6, 6.07) is 11.3. The Hall–Kier alpha value is -4.07. The number of nitro groups is 1. The van der Waals surface area contributed by atoms with Crippen LogP contribution < -0.4 is 5.63 Å². The number of benzene rings is 2. The zero-order chi connectivity index (χ0) is 20.3. The molecule has 0 atom stereocenters. The number of non-ortho nitro benzene ring substituents is 1. The Morgan fingerprint density at radius 3 is 2.46 bits per heavy atom. The normalized spacial score (nSPS) is 10.9. The summed E-state index contributed by atoms with van der Waals surface area (Å²) in [5.74, 6) is -1.09. The van der Waals surface area contributed by atoms with Gasteiger partial charge in [-0.25, -0.2) is 9.59 Å². The summed E-state index contributed by atoms with van der Waals surface area (Å²) in [7, 11) is 1.28. The number of carbonyl (C=O) groups excluding carboxylic acids is 2. The first kappa shape index (κ1) is 18.7. The van der Waals surface area contributed by atoms with Crippen LogP contribution in [0.15, 0.2) is 63.8 Å². The molecule has 0 saturated heterocycles. The number of allylic oxidation sites excluding steroid dienone is 1. The Morgan fingerprint density at radius 2 is 1.82 bits per heavy atom. The summed E-state index contributed by atoms with van der Waals surface area (Å²) in [5, 5.41) is 11.2. The number of rotatable bonds is 5. The first-order chi connectivity index (χ1) is 13.4. The summed E-state index contributed by atoms with van der Waals surface area (Å²) in [5.41, 5.74) is -0.118. The quantitative estimate of drug-likeness (QED) is 0.167. The number of carbonyl (C=O) groups is 2. The van der Waals surface area contributed by atoms with Crippen molar-refractivity contribution in [1.29, 1.82) is 0 Å². The molecule has 0 aliphatic heterocycles. The minimum absolute atomic E-state index is 0.148. The van der Waals surface area contributed by atoms with Gasteiger partial charge in [0.05, 0.1) is 17.6 Å². The molecule has 0 aliphatic rings. The monoisotopic (exact) mass is 379 g/mol. The fourth-order valence-electron chi connectivity index (χ4n) is 2.51. The van der Waals surface area contributed by atoms with Gasteiger partial charge in [-0.2, -0.15) is 0 Å². The van der Waals surface area contributed by atoms with E-state index >= 15 is 0 Å². The molecule has 0 N–H and O–H groups in total. The first-order valence-electron chi connectivity index (χ1n) is 8.02. The summed E-state index contributed by atoms with van der Waals surface area (Å²) in [4.78, 5) is 46.1. The lowest BCUT2D eigenvalue weighted by atomic mass is 10.1. The van der Waals surface area contributed by atoms with E-state index in [-0.39, 0.29) is 22.2 Å². The Balaban J connectivity index is 1.89. The van der Waals surface area contributed by atoms with Gasteiger partial charge in [-0.3, -0.25) is 14.9 Å². The lowest BCUT2D eigenvalue weighted by Crippen LogP contribution is -2.12. The predicted octanol–water partition coefficient (Wildman–Crippen LogP) is 3.38. The van der Waals surface area contributed by atoms with Gasteiger partial charge < -0.3 is 9.15 Å². The SMILES string of the molecule is COC(=O)c1ccc(C=CC(=O)c2cc3cc([N+](=O)[O-])ccc3oc2=O)cc1. The summed E-state index contributed by atoms with van der Waals surface area (Å²) in [6.45, 7) is 0. The number of methoxy groups -OCH3 is 1. The first-order valence-corrected chi connectivity index (χ1v) is 8.02. The topological polar surface area (TPSA) is 117 Å². The maximum atomic E-state index is 12.4. The molecule has 0 amide bonds. The van der Waals surface area contributed by atoms with Gasteiger partial charge in [-0.1, -0.05) is 18.2 Å². The third-order valence-corrected chi connectivity index (χ3v) is 3.95. The van der Waals surface area contributed by atoms with Gasteiger partial charge in [0.1, 0.15) is 11.1 Å². The molecule has 0 spiro atoms. The Bertz CT molecular complexity index is 1170. The van der Waals surface area contributed by atoms with E-state index in [1.165, 1.54) is 43.5 Å². The largest absolute Gasteiger partial charge is 0.465 e. The molecule has 0 aliphatic carbocycles.